The van der Waals surface area contributed by atoms with E-state index in [0.29, 0.717) is 37.4 Å². The minimum atomic E-state index is -0.335. The number of rotatable bonds is 8. The highest BCUT2D eigenvalue weighted by Gasteiger charge is 2.29. The zero-order valence-corrected chi connectivity index (χ0v) is 21.3. The van der Waals surface area contributed by atoms with Crippen molar-refractivity contribution in [3.05, 3.63) is 59.4 Å². The van der Waals surface area contributed by atoms with Gasteiger partial charge in [0.1, 0.15) is 12.4 Å². The molecule has 0 radical (unpaired) electrons. The van der Waals surface area contributed by atoms with E-state index in [2.05, 4.69) is 15.5 Å². The van der Waals surface area contributed by atoms with Crippen LogP contribution in [-0.2, 0) is 20.9 Å². The molecule has 198 valence electrons. The number of hydrogen-bond acceptors (Lipinski definition) is 5. The number of halogens is 1. The van der Waals surface area contributed by atoms with E-state index in [4.69, 9.17) is 4.74 Å². The van der Waals surface area contributed by atoms with Crippen LogP contribution in [0.2, 0.25) is 0 Å². The second-order valence-corrected chi connectivity index (χ2v) is 9.67. The second-order valence-electron chi connectivity index (χ2n) is 9.67. The Hall–Kier alpha value is -3.46. The molecule has 0 spiro atoms. The van der Waals surface area contributed by atoms with E-state index in [-0.39, 0.29) is 42.6 Å². The summed E-state index contributed by atoms with van der Waals surface area (Å²) < 4.78 is 18.1. The van der Waals surface area contributed by atoms with Crippen molar-refractivity contribution in [3.8, 4) is 0 Å². The second kappa shape index (κ2) is 12.7. The zero-order chi connectivity index (χ0) is 26.2. The first kappa shape index (κ1) is 26.6. The Morgan fingerprint density at radius 2 is 1.73 bits per heavy atom. The van der Waals surface area contributed by atoms with Crippen LogP contribution in [0.4, 0.5) is 15.8 Å². The first-order valence-corrected chi connectivity index (χ1v) is 12.9. The molecule has 2 aromatic rings. The minimum Gasteiger partial charge on any atom is -0.375 e. The van der Waals surface area contributed by atoms with E-state index in [1.165, 1.54) is 19.2 Å². The topological polar surface area (TPSA) is 91.0 Å². The van der Waals surface area contributed by atoms with Crippen LogP contribution in [0.15, 0.2) is 42.5 Å². The number of carbonyl (C=O) groups excluding carboxylic acids is 3. The van der Waals surface area contributed by atoms with Crippen LogP contribution in [0, 0.1) is 11.7 Å². The van der Waals surface area contributed by atoms with Gasteiger partial charge in [0.2, 0.25) is 11.8 Å². The molecule has 1 heterocycles. The van der Waals surface area contributed by atoms with Crippen molar-refractivity contribution in [2.24, 2.45) is 5.92 Å². The van der Waals surface area contributed by atoms with Crippen LogP contribution in [-0.4, -0.2) is 62.5 Å². The maximum absolute atomic E-state index is 13.3. The quantitative estimate of drug-likeness (QED) is 0.567. The Balaban J connectivity index is 1.51. The van der Waals surface area contributed by atoms with Gasteiger partial charge in [0.15, 0.2) is 0 Å². The predicted molar refractivity (Wildman–Crippen MR) is 140 cm³/mol. The molecule has 1 saturated heterocycles. The Labute approximate surface area is 217 Å². The summed E-state index contributed by atoms with van der Waals surface area (Å²) in [7, 11) is 1.44. The van der Waals surface area contributed by atoms with Crippen molar-refractivity contribution in [1.29, 1.82) is 0 Å². The Morgan fingerprint density at radius 1 is 0.973 bits per heavy atom. The van der Waals surface area contributed by atoms with Crippen molar-refractivity contribution < 1.29 is 23.5 Å². The smallest absolute Gasteiger partial charge is 0.253 e. The highest BCUT2D eigenvalue weighted by molar-refractivity contribution is 6.02. The number of benzene rings is 2. The Kier molecular flexibility index (Phi) is 9.11. The maximum Gasteiger partial charge on any atom is 0.253 e. The van der Waals surface area contributed by atoms with Crippen molar-refractivity contribution in [2.45, 2.75) is 38.6 Å². The largest absolute Gasteiger partial charge is 0.375 e. The van der Waals surface area contributed by atoms with Crippen molar-refractivity contribution in [3.63, 3.8) is 0 Å². The molecular weight excluding hydrogens is 475 g/mol. The molecule has 1 aliphatic heterocycles. The number of ether oxygens (including phenoxy) is 1. The lowest BCUT2D eigenvalue weighted by atomic mass is 10.1. The summed E-state index contributed by atoms with van der Waals surface area (Å²) in [6, 6.07) is 11.2. The summed E-state index contributed by atoms with van der Waals surface area (Å²) in [5.41, 5.74) is 2.44. The van der Waals surface area contributed by atoms with E-state index in [0.717, 1.165) is 43.4 Å². The molecule has 0 unspecified atom stereocenters. The van der Waals surface area contributed by atoms with Gasteiger partial charge in [-0.3, -0.25) is 14.4 Å². The number of nitrogens with one attached hydrogen (secondary N) is 2. The number of hydrogen-bond donors (Lipinski definition) is 2. The molecule has 2 fully saturated rings. The standard InChI is InChI=1S/C28H35FN4O4/c1-37-19-26(34)31-23-11-12-25(24(17-23)27(35)30-18-20-7-9-22(29)10-8-20)32-13-4-14-33(16-15-32)28(36)21-5-2-3-6-21/h7-12,17,21H,2-6,13-16,18-19H2,1H3,(H,30,35)(H,31,34). The molecule has 0 aromatic heterocycles. The average Bonchev–Trinajstić information content (AvgIpc) is 3.33. The molecule has 1 saturated carbocycles. The van der Waals surface area contributed by atoms with Gasteiger partial charge in [-0.1, -0.05) is 25.0 Å². The molecule has 0 atom stereocenters. The van der Waals surface area contributed by atoms with Gasteiger partial charge in [0, 0.05) is 57.1 Å². The molecule has 3 amide bonds. The minimum absolute atomic E-state index is 0.0924. The van der Waals surface area contributed by atoms with E-state index >= 15 is 0 Å². The molecule has 1 aliphatic carbocycles. The zero-order valence-electron chi connectivity index (χ0n) is 21.3. The highest BCUT2D eigenvalue weighted by atomic mass is 19.1. The number of methoxy groups -OCH3 is 1. The fourth-order valence-corrected chi connectivity index (χ4v) is 5.09. The van der Waals surface area contributed by atoms with Gasteiger partial charge in [-0.15, -0.1) is 0 Å². The molecule has 9 heteroatoms. The van der Waals surface area contributed by atoms with Crippen LogP contribution in [0.25, 0.3) is 0 Å². The van der Waals surface area contributed by atoms with E-state index in [9.17, 15) is 18.8 Å². The maximum atomic E-state index is 13.3. The monoisotopic (exact) mass is 510 g/mol. The summed E-state index contributed by atoms with van der Waals surface area (Å²) in [5, 5.41) is 5.67. The molecule has 0 bridgehead atoms. The Morgan fingerprint density at radius 3 is 2.46 bits per heavy atom. The van der Waals surface area contributed by atoms with Gasteiger partial charge in [-0.05, 0) is 55.2 Å². The first-order valence-electron chi connectivity index (χ1n) is 12.9. The van der Waals surface area contributed by atoms with Crippen molar-refractivity contribution in [1.82, 2.24) is 10.2 Å². The Bertz CT molecular complexity index is 1100. The average molecular weight is 511 g/mol. The van der Waals surface area contributed by atoms with Gasteiger partial charge >= 0.3 is 0 Å². The summed E-state index contributed by atoms with van der Waals surface area (Å²) in [6.07, 6.45) is 5.02. The van der Waals surface area contributed by atoms with Crippen LogP contribution < -0.4 is 15.5 Å². The third-order valence-electron chi connectivity index (χ3n) is 7.02. The number of amides is 3. The van der Waals surface area contributed by atoms with Crippen LogP contribution in [0.1, 0.15) is 48.0 Å². The molecule has 2 aromatic carbocycles. The molecular formula is C28H35FN4O4. The lowest BCUT2D eigenvalue weighted by molar-refractivity contribution is -0.135. The molecule has 37 heavy (non-hydrogen) atoms. The highest BCUT2D eigenvalue weighted by Crippen LogP contribution is 2.29. The third kappa shape index (κ3) is 7.07. The van der Waals surface area contributed by atoms with Crippen LogP contribution in [0.5, 0.6) is 0 Å². The van der Waals surface area contributed by atoms with Crippen LogP contribution >= 0.6 is 0 Å². The predicted octanol–water partition coefficient (Wildman–Crippen LogP) is 3.57. The lowest BCUT2D eigenvalue weighted by Crippen LogP contribution is -2.38. The molecule has 4 rings (SSSR count). The first-order chi connectivity index (χ1) is 17.9. The SMILES string of the molecule is COCC(=O)Nc1ccc(N2CCCN(C(=O)C3CCCC3)CC2)c(C(=O)NCc2ccc(F)cc2)c1. The summed E-state index contributed by atoms with van der Waals surface area (Å²) >= 11 is 0. The molecule has 2 N–H and O–H groups in total. The van der Waals surface area contributed by atoms with Crippen molar-refractivity contribution >= 4 is 29.1 Å². The summed E-state index contributed by atoms with van der Waals surface area (Å²) in [4.78, 5) is 42.5. The normalized spacial score (nSPS) is 16.4. The molecule has 8 nitrogen and oxygen atoms in total. The summed E-state index contributed by atoms with van der Waals surface area (Å²) in [5.74, 6) is -0.547. The van der Waals surface area contributed by atoms with Gasteiger partial charge in [0.05, 0.1) is 5.56 Å². The van der Waals surface area contributed by atoms with Crippen molar-refractivity contribution in [2.75, 3.05) is 50.1 Å². The summed E-state index contributed by atoms with van der Waals surface area (Å²) in [6.45, 7) is 2.79. The number of nitrogens with zero attached hydrogens (tertiary/aromatic N) is 2. The van der Waals surface area contributed by atoms with Gasteiger partial charge < -0.3 is 25.2 Å². The number of anilines is 2. The lowest BCUT2D eigenvalue weighted by Gasteiger charge is -2.27. The van der Waals surface area contributed by atoms with E-state index in [1.54, 1.807) is 24.3 Å². The van der Waals surface area contributed by atoms with Gasteiger partial charge in [-0.2, -0.15) is 0 Å². The molecule has 2 aliphatic rings. The number of carbonyl (C=O) groups is 3. The fraction of sp³-hybridized carbons (Fsp3) is 0.464. The van der Waals surface area contributed by atoms with Gasteiger partial charge in [0.25, 0.3) is 5.91 Å². The van der Waals surface area contributed by atoms with Crippen LogP contribution in [0.3, 0.4) is 0 Å². The van der Waals surface area contributed by atoms with E-state index < -0.39 is 0 Å². The fourth-order valence-electron chi connectivity index (χ4n) is 5.09. The third-order valence-corrected chi connectivity index (χ3v) is 7.02. The van der Waals surface area contributed by atoms with Gasteiger partial charge in [-0.25, -0.2) is 4.39 Å². The van der Waals surface area contributed by atoms with E-state index in [1.807, 2.05) is 11.0 Å².